The molecule has 1 aliphatic rings. The molecule has 0 radical (unpaired) electrons. The van der Waals surface area contributed by atoms with Gasteiger partial charge in [0.2, 0.25) is 10.0 Å². The Hall–Kier alpha value is -2.75. The van der Waals surface area contributed by atoms with Crippen LogP contribution in [0.15, 0.2) is 58.3 Å². The van der Waals surface area contributed by atoms with Gasteiger partial charge >= 0.3 is 0 Å². The second-order valence-corrected chi connectivity index (χ2v) is 9.11. The largest absolute Gasteiger partial charge is 0.487 e. The van der Waals surface area contributed by atoms with Crippen LogP contribution in [0.1, 0.15) is 21.6 Å². The summed E-state index contributed by atoms with van der Waals surface area (Å²) in [4.78, 5) is 19.1. The van der Waals surface area contributed by atoms with Crippen molar-refractivity contribution in [3.05, 3.63) is 70.2 Å². The Balaban J connectivity index is 1.53. The van der Waals surface area contributed by atoms with Crippen LogP contribution in [-0.2, 0) is 23.1 Å². The van der Waals surface area contributed by atoms with E-state index in [4.69, 9.17) is 4.74 Å². The predicted molar refractivity (Wildman–Crippen MR) is 111 cm³/mol. The summed E-state index contributed by atoms with van der Waals surface area (Å²) >= 11 is 1.50. The second-order valence-electron chi connectivity index (χ2n) is 6.50. The number of rotatable bonds is 6. The van der Waals surface area contributed by atoms with E-state index in [1.807, 2.05) is 5.38 Å². The van der Waals surface area contributed by atoms with Gasteiger partial charge in [-0.25, -0.2) is 18.1 Å². The molecule has 0 unspecified atom stereocenters. The van der Waals surface area contributed by atoms with Gasteiger partial charge in [0.15, 0.2) is 0 Å². The molecule has 150 valence electrons. The zero-order chi connectivity index (χ0) is 20.4. The number of thiazole rings is 1. The molecule has 0 saturated carbocycles. The van der Waals surface area contributed by atoms with Crippen molar-refractivity contribution in [2.75, 3.05) is 18.5 Å². The van der Waals surface area contributed by atoms with E-state index in [-0.39, 0.29) is 10.8 Å². The van der Waals surface area contributed by atoms with Crippen LogP contribution in [0.2, 0.25) is 0 Å². The molecule has 3 aromatic rings. The van der Waals surface area contributed by atoms with Crippen LogP contribution in [-0.4, -0.2) is 32.9 Å². The molecular weight excluding hydrogens is 410 g/mol. The molecule has 0 saturated heterocycles. The van der Waals surface area contributed by atoms with Crippen molar-refractivity contribution < 1.29 is 17.9 Å². The summed E-state index contributed by atoms with van der Waals surface area (Å²) in [7, 11) is -2.14. The average molecular weight is 430 g/mol. The first-order valence-corrected chi connectivity index (χ1v) is 11.4. The minimum absolute atomic E-state index is 0.146. The van der Waals surface area contributed by atoms with Gasteiger partial charge < -0.3 is 9.64 Å². The van der Waals surface area contributed by atoms with Crippen LogP contribution >= 0.6 is 11.3 Å². The molecule has 9 heteroatoms. The molecule has 0 atom stereocenters. The molecule has 0 spiro atoms. The van der Waals surface area contributed by atoms with Gasteiger partial charge in [-0.15, -0.1) is 11.3 Å². The Labute approximate surface area is 173 Å². The normalized spacial score (nSPS) is 13.3. The van der Waals surface area contributed by atoms with Gasteiger partial charge in [0.1, 0.15) is 12.4 Å². The highest BCUT2D eigenvalue weighted by Crippen LogP contribution is 2.31. The van der Waals surface area contributed by atoms with E-state index in [9.17, 15) is 13.2 Å². The summed E-state index contributed by atoms with van der Waals surface area (Å²) in [6.45, 7) is 0.845. The van der Waals surface area contributed by atoms with E-state index in [1.54, 1.807) is 46.8 Å². The van der Waals surface area contributed by atoms with E-state index in [0.717, 1.165) is 16.9 Å². The molecule has 1 aliphatic heterocycles. The Morgan fingerprint density at radius 1 is 1.28 bits per heavy atom. The quantitative estimate of drug-likeness (QED) is 0.651. The molecular formula is C20H19N3O4S2. The summed E-state index contributed by atoms with van der Waals surface area (Å²) in [5, 5.41) is 1.92. The molecule has 0 bridgehead atoms. The van der Waals surface area contributed by atoms with Crippen molar-refractivity contribution in [1.82, 2.24) is 9.71 Å². The SMILES string of the molecule is CNS(=O)(=O)c1ccc2c(c1)CCN2C(=O)c1cccc(OCc2cscn2)c1. The standard InChI is InChI=1S/C20H19N3O4S2/c1-21-29(25,26)18-5-6-19-14(10-18)7-8-23(19)20(24)15-3-2-4-17(9-15)27-11-16-12-28-13-22-16/h2-6,9-10,12-13,21H,7-8,11H2,1H3. The molecule has 0 aliphatic carbocycles. The summed E-state index contributed by atoms with van der Waals surface area (Å²) in [5.41, 5.74) is 4.67. The second kappa shape index (κ2) is 7.94. The summed E-state index contributed by atoms with van der Waals surface area (Å²) in [6.07, 6.45) is 0.605. The lowest BCUT2D eigenvalue weighted by atomic mass is 10.1. The topological polar surface area (TPSA) is 88.6 Å². The molecule has 1 aromatic heterocycles. The van der Waals surface area contributed by atoms with Crippen molar-refractivity contribution >= 4 is 33.0 Å². The lowest BCUT2D eigenvalue weighted by molar-refractivity contribution is 0.0989. The van der Waals surface area contributed by atoms with Crippen molar-refractivity contribution in [3.63, 3.8) is 0 Å². The Bertz CT molecular complexity index is 1140. The maximum atomic E-state index is 13.1. The van der Waals surface area contributed by atoms with Gasteiger partial charge in [-0.2, -0.15) is 0 Å². The van der Waals surface area contributed by atoms with Gasteiger partial charge in [-0.05, 0) is 55.4 Å². The maximum Gasteiger partial charge on any atom is 0.258 e. The Kier molecular flexibility index (Phi) is 5.35. The van der Waals surface area contributed by atoms with Gasteiger partial charge in [0.05, 0.1) is 16.1 Å². The highest BCUT2D eigenvalue weighted by Gasteiger charge is 2.27. The first kappa shape index (κ1) is 19.6. The van der Waals surface area contributed by atoms with E-state index in [2.05, 4.69) is 9.71 Å². The number of carbonyl (C=O) groups is 1. The number of sulfonamides is 1. The average Bonchev–Trinajstić information content (AvgIpc) is 3.41. The van der Waals surface area contributed by atoms with Gasteiger partial charge in [0, 0.05) is 23.2 Å². The fraction of sp³-hybridized carbons (Fsp3) is 0.200. The monoisotopic (exact) mass is 429 g/mol. The Morgan fingerprint density at radius 2 is 2.14 bits per heavy atom. The first-order chi connectivity index (χ1) is 14.0. The third-order valence-electron chi connectivity index (χ3n) is 4.72. The van der Waals surface area contributed by atoms with Crippen molar-refractivity contribution in [3.8, 4) is 5.75 Å². The van der Waals surface area contributed by atoms with Crippen molar-refractivity contribution in [2.45, 2.75) is 17.9 Å². The lowest BCUT2D eigenvalue weighted by Crippen LogP contribution is -2.28. The number of ether oxygens (including phenoxy) is 1. The highest BCUT2D eigenvalue weighted by molar-refractivity contribution is 7.89. The first-order valence-electron chi connectivity index (χ1n) is 8.96. The molecule has 0 fully saturated rings. The van der Waals surface area contributed by atoms with Crippen molar-refractivity contribution in [2.24, 2.45) is 0 Å². The molecule has 29 heavy (non-hydrogen) atoms. The molecule has 4 rings (SSSR count). The molecule has 1 amide bonds. The number of hydrogen-bond donors (Lipinski definition) is 1. The molecule has 7 nitrogen and oxygen atoms in total. The van der Waals surface area contributed by atoms with E-state index < -0.39 is 10.0 Å². The van der Waals surface area contributed by atoms with Gasteiger partial charge in [-0.3, -0.25) is 4.79 Å². The summed E-state index contributed by atoms with van der Waals surface area (Å²) in [6, 6.07) is 11.9. The van der Waals surface area contributed by atoms with E-state index >= 15 is 0 Å². The van der Waals surface area contributed by atoms with Crippen molar-refractivity contribution in [1.29, 1.82) is 0 Å². The number of benzene rings is 2. The number of aromatic nitrogens is 1. The number of nitrogens with one attached hydrogen (secondary N) is 1. The van der Waals surface area contributed by atoms with Crippen LogP contribution in [0.25, 0.3) is 0 Å². The van der Waals surface area contributed by atoms with Crippen LogP contribution < -0.4 is 14.4 Å². The maximum absolute atomic E-state index is 13.1. The Morgan fingerprint density at radius 3 is 2.90 bits per heavy atom. The lowest BCUT2D eigenvalue weighted by Gasteiger charge is -2.18. The number of hydrogen-bond acceptors (Lipinski definition) is 6. The van der Waals surface area contributed by atoms with E-state index in [1.165, 1.54) is 24.5 Å². The fourth-order valence-corrected chi connectivity index (χ4v) is 4.54. The smallest absolute Gasteiger partial charge is 0.258 e. The number of carbonyl (C=O) groups excluding carboxylic acids is 1. The molecule has 2 heterocycles. The number of nitrogens with zero attached hydrogens (tertiary/aromatic N) is 2. The fourth-order valence-electron chi connectivity index (χ4n) is 3.21. The zero-order valence-electron chi connectivity index (χ0n) is 15.7. The van der Waals surface area contributed by atoms with Gasteiger partial charge in [-0.1, -0.05) is 6.07 Å². The third kappa shape index (κ3) is 4.02. The zero-order valence-corrected chi connectivity index (χ0v) is 17.3. The molecule has 1 N–H and O–H groups in total. The minimum atomic E-state index is -3.51. The molecule has 2 aromatic carbocycles. The highest BCUT2D eigenvalue weighted by atomic mass is 32.2. The van der Waals surface area contributed by atoms with Crippen LogP contribution in [0.5, 0.6) is 5.75 Å². The van der Waals surface area contributed by atoms with Crippen LogP contribution in [0.3, 0.4) is 0 Å². The van der Waals surface area contributed by atoms with E-state index in [0.29, 0.717) is 30.9 Å². The summed E-state index contributed by atoms with van der Waals surface area (Å²) in [5.74, 6) is 0.450. The van der Waals surface area contributed by atoms with Crippen LogP contribution in [0, 0.1) is 0 Å². The number of anilines is 1. The van der Waals surface area contributed by atoms with Gasteiger partial charge in [0.25, 0.3) is 5.91 Å². The predicted octanol–water partition coefficient (Wildman–Crippen LogP) is 2.83. The van der Waals surface area contributed by atoms with Crippen LogP contribution in [0.4, 0.5) is 5.69 Å². The number of fused-ring (bicyclic) bond motifs is 1. The summed E-state index contributed by atoms with van der Waals surface area (Å²) < 4.78 is 32.1. The third-order valence-corrected chi connectivity index (χ3v) is 6.77. The minimum Gasteiger partial charge on any atom is -0.487 e. The number of amides is 1.